The summed E-state index contributed by atoms with van der Waals surface area (Å²) in [5, 5.41) is 3.01. The molecule has 6 heteroatoms. The first-order valence-corrected chi connectivity index (χ1v) is 5.58. The molecule has 1 aliphatic rings. The zero-order valence-corrected chi connectivity index (χ0v) is 10.4. The summed E-state index contributed by atoms with van der Waals surface area (Å²) < 4.78 is 51.4. The third-order valence-corrected chi connectivity index (χ3v) is 3.00. The van der Waals surface area contributed by atoms with Crippen LogP contribution in [0.15, 0.2) is 18.2 Å². The van der Waals surface area contributed by atoms with E-state index < -0.39 is 23.6 Å². The predicted octanol–water partition coefficient (Wildman–Crippen LogP) is 4.08. The Morgan fingerprint density at radius 1 is 1.17 bits per heavy atom. The Labute approximate surface area is 109 Å². The zero-order valence-electron chi connectivity index (χ0n) is 9.56. The molecular formula is C12H14ClF4N. The maximum Gasteiger partial charge on any atom is 0.416 e. The van der Waals surface area contributed by atoms with Gasteiger partial charge in [-0.3, -0.25) is 0 Å². The van der Waals surface area contributed by atoms with Crippen molar-refractivity contribution in [3.05, 3.63) is 35.1 Å². The second-order valence-electron chi connectivity index (χ2n) is 4.23. The van der Waals surface area contributed by atoms with Crippen LogP contribution in [0.4, 0.5) is 17.6 Å². The first-order valence-electron chi connectivity index (χ1n) is 5.58. The Balaban J connectivity index is 0.00000162. The van der Waals surface area contributed by atoms with E-state index in [0.29, 0.717) is 13.0 Å². The highest BCUT2D eigenvalue weighted by Crippen LogP contribution is 2.37. The highest BCUT2D eigenvalue weighted by Gasteiger charge is 2.35. The molecule has 1 atom stereocenters. The molecule has 1 fully saturated rings. The van der Waals surface area contributed by atoms with E-state index in [1.165, 1.54) is 0 Å². The molecule has 1 aromatic rings. The minimum Gasteiger partial charge on any atom is -0.310 e. The molecular weight excluding hydrogens is 270 g/mol. The molecule has 1 N–H and O–H groups in total. The number of alkyl halides is 3. The predicted molar refractivity (Wildman–Crippen MR) is 63.2 cm³/mol. The summed E-state index contributed by atoms with van der Waals surface area (Å²) in [6.45, 7) is 0.679. The third-order valence-electron chi connectivity index (χ3n) is 3.00. The lowest BCUT2D eigenvalue weighted by atomic mass is 9.93. The largest absolute Gasteiger partial charge is 0.416 e. The van der Waals surface area contributed by atoms with Gasteiger partial charge in [0.25, 0.3) is 0 Å². The van der Waals surface area contributed by atoms with E-state index in [4.69, 9.17) is 0 Å². The van der Waals surface area contributed by atoms with Gasteiger partial charge >= 0.3 is 6.18 Å². The van der Waals surface area contributed by atoms with Crippen LogP contribution in [0.25, 0.3) is 0 Å². The molecule has 0 aromatic heterocycles. The van der Waals surface area contributed by atoms with Crippen molar-refractivity contribution in [2.24, 2.45) is 0 Å². The fourth-order valence-electron chi connectivity index (χ4n) is 2.20. The molecule has 1 saturated heterocycles. The summed E-state index contributed by atoms with van der Waals surface area (Å²) in [5.41, 5.74) is -0.712. The summed E-state index contributed by atoms with van der Waals surface area (Å²) in [6.07, 6.45) is -1.99. The van der Waals surface area contributed by atoms with Gasteiger partial charge in [-0.2, -0.15) is 13.2 Å². The van der Waals surface area contributed by atoms with Crippen molar-refractivity contribution >= 4 is 12.4 Å². The van der Waals surface area contributed by atoms with Crippen LogP contribution in [-0.2, 0) is 6.18 Å². The zero-order chi connectivity index (χ0) is 12.5. The lowest BCUT2D eigenvalue weighted by molar-refractivity contribution is -0.138. The molecule has 1 aromatic carbocycles. The first-order chi connectivity index (χ1) is 7.98. The standard InChI is InChI=1S/C12H13F4N.ClH/c13-8-4-5-10(12(14,15)16)9(7-8)11-3-1-2-6-17-11;/h4-5,7,11,17H,1-3,6H2;1H/t11-;/m0./s1. The van der Waals surface area contributed by atoms with E-state index in [2.05, 4.69) is 5.32 Å². The van der Waals surface area contributed by atoms with Crippen molar-refractivity contribution in [1.29, 1.82) is 0 Å². The minimum atomic E-state index is -4.43. The second kappa shape index (κ2) is 5.89. The summed E-state index contributed by atoms with van der Waals surface area (Å²) in [5.74, 6) is -0.625. The molecule has 0 amide bonds. The minimum absolute atomic E-state index is 0. The average molecular weight is 284 g/mol. The van der Waals surface area contributed by atoms with Crippen molar-refractivity contribution in [1.82, 2.24) is 5.32 Å². The summed E-state index contributed by atoms with van der Waals surface area (Å²) in [6, 6.07) is 2.28. The molecule has 2 rings (SSSR count). The lowest BCUT2D eigenvalue weighted by Gasteiger charge is -2.26. The number of hydrogen-bond acceptors (Lipinski definition) is 1. The molecule has 1 heterocycles. The molecule has 102 valence electrons. The maximum absolute atomic E-state index is 13.1. The van der Waals surface area contributed by atoms with Crippen molar-refractivity contribution in [3.63, 3.8) is 0 Å². The van der Waals surface area contributed by atoms with Crippen molar-refractivity contribution in [2.75, 3.05) is 6.54 Å². The van der Waals surface area contributed by atoms with E-state index in [-0.39, 0.29) is 18.0 Å². The molecule has 0 unspecified atom stereocenters. The number of hydrogen-bond donors (Lipinski definition) is 1. The molecule has 0 radical (unpaired) electrons. The Morgan fingerprint density at radius 3 is 2.44 bits per heavy atom. The molecule has 18 heavy (non-hydrogen) atoms. The molecule has 0 spiro atoms. The van der Waals surface area contributed by atoms with E-state index in [1.807, 2.05) is 0 Å². The maximum atomic E-state index is 13.1. The van der Waals surface area contributed by atoms with Crippen LogP contribution in [0, 0.1) is 5.82 Å². The molecule has 1 nitrogen and oxygen atoms in total. The van der Waals surface area contributed by atoms with Crippen LogP contribution < -0.4 is 5.32 Å². The van der Waals surface area contributed by atoms with Gasteiger partial charge in [0.2, 0.25) is 0 Å². The lowest BCUT2D eigenvalue weighted by Crippen LogP contribution is -2.28. The highest BCUT2D eigenvalue weighted by molar-refractivity contribution is 5.85. The number of rotatable bonds is 1. The Bertz CT molecular complexity index is 400. The number of piperidine rings is 1. The molecule has 0 saturated carbocycles. The van der Waals surface area contributed by atoms with Gasteiger partial charge in [0.1, 0.15) is 5.82 Å². The number of benzene rings is 1. The van der Waals surface area contributed by atoms with Crippen LogP contribution in [0.5, 0.6) is 0 Å². The SMILES string of the molecule is Cl.Fc1ccc(C(F)(F)F)c([C@@H]2CCCCN2)c1. The van der Waals surface area contributed by atoms with E-state index in [0.717, 1.165) is 31.0 Å². The Morgan fingerprint density at radius 2 is 1.89 bits per heavy atom. The van der Waals surface area contributed by atoms with Crippen LogP contribution >= 0.6 is 12.4 Å². The Kier molecular flexibility index (Phi) is 4.99. The fraction of sp³-hybridized carbons (Fsp3) is 0.500. The first kappa shape index (κ1) is 15.2. The number of nitrogens with one attached hydrogen (secondary N) is 1. The van der Waals surface area contributed by atoms with Gasteiger partial charge in [-0.25, -0.2) is 4.39 Å². The van der Waals surface area contributed by atoms with Crippen LogP contribution in [0.2, 0.25) is 0 Å². The molecule has 0 aliphatic carbocycles. The van der Waals surface area contributed by atoms with Gasteiger partial charge in [-0.1, -0.05) is 6.42 Å². The average Bonchev–Trinajstić information content (AvgIpc) is 2.28. The van der Waals surface area contributed by atoms with Gasteiger partial charge in [0.15, 0.2) is 0 Å². The van der Waals surface area contributed by atoms with Crippen LogP contribution in [0.1, 0.15) is 36.4 Å². The van der Waals surface area contributed by atoms with Crippen molar-refractivity contribution < 1.29 is 17.6 Å². The van der Waals surface area contributed by atoms with E-state index in [1.54, 1.807) is 0 Å². The van der Waals surface area contributed by atoms with Gasteiger partial charge < -0.3 is 5.32 Å². The van der Waals surface area contributed by atoms with Crippen molar-refractivity contribution in [3.8, 4) is 0 Å². The van der Waals surface area contributed by atoms with Crippen LogP contribution in [0.3, 0.4) is 0 Å². The third kappa shape index (κ3) is 3.36. The second-order valence-corrected chi connectivity index (χ2v) is 4.23. The highest BCUT2D eigenvalue weighted by atomic mass is 35.5. The van der Waals surface area contributed by atoms with Gasteiger partial charge in [0, 0.05) is 6.04 Å². The van der Waals surface area contributed by atoms with E-state index >= 15 is 0 Å². The summed E-state index contributed by atoms with van der Waals surface area (Å²) in [7, 11) is 0. The Hall–Kier alpha value is -0.810. The van der Waals surface area contributed by atoms with Crippen molar-refractivity contribution in [2.45, 2.75) is 31.5 Å². The normalized spacial score (nSPS) is 20.3. The molecule has 1 aliphatic heterocycles. The fourth-order valence-corrected chi connectivity index (χ4v) is 2.20. The van der Waals surface area contributed by atoms with Crippen LogP contribution in [-0.4, -0.2) is 6.54 Å². The quantitative estimate of drug-likeness (QED) is 0.766. The summed E-state index contributed by atoms with van der Waals surface area (Å²) >= 11 is 0. The smallest absolute Gasteiger partial charge is 0.310 e. The van der Waals surface area contributed by atoms with Gasteiger partial charge in [-0.15, -0.1) is 12.4 Å². The monoisotopic (exact) mass is 283 g/mol. The van der Waals surface area contributed by atoms with Gasteiger partial charge in [-0.05, 0) is 43.1 Å². The van der Waals surface area contributed by atoms with Gasteiger partial charge in [0.05, 0.1) is 5.56 Å². The summed E-state index contributed by atoms with van der Waals surface area (Å²) in [4.78, 5) is 0. The number of halogens is 5. The molecule has 0 bridgehead atoms. The van der Waals surface area contributed by atoms with E-state index in [9.17, 15) is 17.6 Å². The topological polar surface area (TPSA) is 12.0 Å².